The quantitative estimate of drug-likeness (QED) is 0.762. The Morgan fingerprint density at radius 2 is 2.15 bits per heavy atom. The summed E-state index contributed by atoms with van der Waals surface area (Å²) in [6.45, 7) is 2.47. The molecule has 0 amide bonds. The van der Waals surface area contributed by atoms with Gasteiger partial charge < -0.3 is 14.7 Å². The molecular formula is C15H15N3O2. The number of aromatic nitrogens is 2. The summed E-state index contributed by atoms with van der Waals surface area (Å²) in [6.07, 6.45) is 1.64. The van der Waals surface area contributed by atoms with Crippen LogP contribution >= 0.6 is 0 Å². The van der Waals surface area contributed by atoms with E-state index in [2.05, 4.69) is 15.3 Å². The highest BCUT2D eigenvalue weighted by molar-refractivity contribution is 5.77. The van der Waals surface area contributed by atoms with Gasteiger partial charge in [0.2, 0.25) is 0 Å². The van der Waals surface area contributed by atoms with Crippen LogP contribution in [0.2, 0.25) is 0 Å². The molecule has 1 aromatic carbocycles. The smallest absolute Gasteiger partial charge is 0.258 e. The first-order chi connectivity index (χ1) is 9.74. The number of nitrogens with zero attached hydrogens (tertiary/aromatic N) is 1. The van der Waals surface area contributed by atoms with Crippen LogP contribution in [-0.4, -0.2) is 9.97 Å². The molecule has 0 radical (unpaired) electrons. The fourth-order valence-electron chi connectivity index (χ4n) is 2.11. The third-order valence-corrected chi connectivity index (χ3v) is 3.21. The van der Waals surface area contributed by atoms with E-state index in [9.17, 15) is 4.79 Å². The van der Waals surface area contributed by atoms with Gasteiger partial charge in [-0.25, -0.2) is 4.98 Å². The molecule has 3 rings (SSSR count). The van der Waals surface area contributed by atoms with Gasteiger partial charge in [0.25, 0.3) is 5.56 Å². The van der Waals surface area contributed by atoms with Crippen molar-refractivity contribution < 1.29 is 4.42 Å². The van der Waals surface area contributed by atoms with Gasteiger partial charge in [0, 0.05) is 0 Å². The van der Waals surface area contributed by atoms with Crippen LogP contribution in [-0.2, 0) is 6.54 Å². The van der Waals surface area contributed by atoms with Gasteiger partial charge in [-0.1, -0.05) is 12.1 Å². The highest BCUT2D eigenvalue weighted by atomic mass is 16.3. The van der Waals surface area contributed by atoms with E-state index >= 15 is 0 Å². The van der Waals surface area contributed by atoms with Crippen molar-refractivity contribution in [3.63, 3.8) is 0 Å². The maximum Gasteiger partial charge on any atom is 0.258 e. The molecule has 0 saturated heterocycles. The Labute approximate surface area is 115 Å². The van der Waals surface area contributed by atoms with Gasteiger partial charge in [-0.15, -0.1) is 0 Å². The molecule has 3 aromatic rings. The van der Waals surface area contributed by atoms with E-state index < -0.39 is 0 Å². The maximum absolute atomic E-state index is 11.9. The zero-order chi connectivity index (χ0) is 13.9. The van der Waals surface area contributed by atoms with Crippen LogP contribution in [0, 0.1) is 0 Å². The molecule has 2 heterocycles. The number of hydrogen-bond acceptors (Lipinski definition) is 4. The molecule has 0 aliphatic carbocycles. The Morgan fingerprint density at radius 1 is 1.30 bits per heavy atom. The van der Waals surface area contributed by atoms with E-state index in [1.165, 1.54) is 0 Å². The average molecular weight is 269 g/mol. The first kappa shape index (κ1) is 12.6. The lowest BCUT2D eigenvalue weighted by Crippen LogP contribution is -2.22. The van der Waals surface area contributed by atoms with Gasteiger partial charge in [0.1, 0.15) is 11.6 Å². The molecule has 5 nitrogen and oxygen atoms in total. The van der Waals surface area contributed by atoms with E-state index in [0.717, 1.165) is 5.76 Å². The average Bonchev–Trinajstić information content (AvgIpc) is 2.99. The number of benzene rings is 1. The number of para-hydroxylation sites is 1. The van der Waals surface area contributed by atoms with E-state index in [0.29, 0.717) is 23.3 Å². The van der Waals surface area contributed by atoms with Crippen molar-refractivity contribution in [3.05, 3.63) is 64.6 Å². The highest BCUT2D eigenvalue weighted by Gasteiger charge is 2.09. The molecule has 0 bridgehead atoms. The first-order valence-corrected chi connectivity index (χ1v) is 6.49. The Kier molecular flexibility index (Phi) is 3.35. The van der Waals surface area contributed by atoms with Gasteiger partial charge >= 0.3 is 0 Å². The summed E-state index contributed by atoms with van der Waals surface area (Å²) in [6, 6.07) is 11.1. The number of rotatable bonds is 4. The van der Waals surface area contributed by atoms with Gasteiger partial charge in [-0.3, -0.25) is 4.79 Å². The van der Waals surface area contributed by atoms with E-state index in [1.807, 2.05) is 37.3 Å². The van der Waals surface area contributed by atoms with Gasteiger partial charge in [-0.2, -0.15) is 0 Å². The Balaban J connectivity index is 1.80. The van der Waals surface area contributed by atoms with Crippen molar-refractivity contribution in [1.82, 2.24) is 15.3 Å². The second-order valence-corrected chi connectivity index (χ2v) is 4.65. The summed E-state index contributed by atoms with van der Waals surface area (Å²) in [7, 11) is 0. The van der Waals surface area contributed by atoms with Crippen LogP contribution in [0.25, 0.3) is 10.9 Å². The molecule has 0 unspecified atom stereocenters. The van der Waals surface area contributed by atoms with Gasteiger partial charge in [0.15, 0.2) is 0 Å². The highest BCUT2D eigenvalue weighted by Crippen LogP contribution is 2.12. The van der Waals surface area contributed by atoms with Crippen molar-refractivity contribution >= 4 is 10.9 Å². The molecule has 0 saturated carbocycles. The molecule has 0 aliphatic heterocycles. The predicted octanol–water partition coefficient (Wildman–Crippen LogP) is 2.37. The summed E-state index contributed by atoms with van der Waals surface area (Å²) >= 11 is 0. The fourth-order valence-corrected chi connectivity index (χ4v) is 2.11. The maximum atomic E-state index is 11.9. The summed E-state index contributed by atoms with van der Waals surface area (Å²) in [5.74, 6) is 1.47. The second kappa shape index (κ2) is 5.30. The number of furan rings is 1. The van der Waals surface area contributed by atoms with Crippen LogP contribution < -0.4 is 10.9 Å². The molecule has 1 atom stereocenters. The van der Waals surface area contributed by atoms with Crippen molar-refractivity contribution in [2.45, 2.75) is 19.5 Å². The van der Waals surface area contributed by atoms with Crippen molar-refractivity contribution in [1.29, 1.82) is 0 Å². The van der Waals surface area contributed by atoms with Crippen LogP contribution in [0.3, 0.4) is 0 Å². The number of fused-ring (bicyclic) bond motifs is 1. The summed E-state index contributed by atoms with van der Waals surface area (Å²) in [4.78, 5) is 19.2. The first-order valence-electron chi connectivity index (χ1n) is 6.49. The molecule has 2 aromatic heterocycles. The number of aromatic amines is 1. The van der Waals surface area contributed by atoms with Crippen LogP contribution in [0.5, 0.6) is 0 Å². The molecule has 2 N–H and O–H groups in total. The van der Waals surface area contributed by atoms with Gasteiger partial charge in [0.05, 0.1) is 29.8 Å². The molecule has 5 heteroatoms. The minimum absolute atomic E-state index is 0.0572. The minimum Gasteiger partial charge on any atom is -0.468 e. The normalized spacial score (nSPS) is 12.7. The summed E-state index contributed by atoms with van der Waals surface area (Å²) in [5, 5.41) is 3.87. The largest absolute Gasteiger partial charge is 0.468 e. The third-order valence-electron chi connectivity index (χ3n) is 3.21. The lowest BCUT2D eigenvalue weighted by Gasteiger charge is -2.10. The topological polar surface area (TPSA) is 70.9 Å². The SMILES string of the molecule is C[C@@H](NCc1nc2ccccc2c(=O)[nH]1)c1ccco1. The summed E-state index contributed by atoms with van der Waals surface area (Å²) < 4.78 is 5.32. The second-order valence-electron chi connectivity index (χ2n) is 4.65. The standard InChI is InChI=1S/C15H15N3O2/c1-10(13-7-4-8-20-13)16-9-14-17-12-6-3-2-5-11(12)15(19)18-14/h2-8,10,16H,9H2,1H3,(H,17,18,19)/t10-/m1/s1. The Bertz CT molecular complexity index is 762. The molecule has 102 valence electrons. The van der Waals surface area contributed by atoms with Crippen LogP contribution in [0.15, 0.2) is 51.9 Å². The van der Waals surface area contributed by atoms with Crippen LogP contribution in [0.1, 0.15) is 24.6 Å². The van der Waals surface area contributed by atoms with Crippen molar-refractivity contribution in [2.24, 2.45) is 0 Å². The van der Waals surface area contributed by atoms with Crippen LogP contribution in [0.4, 0.5) is 0 Å². The van der Waals surface area contributed by atoms with Crippen molar-refractivity contribution in [2.75, 3.05) is 0 Å². The summed E-state index contributed by atoms with van der Waals surface area (Å²) in [5.41, 5.74) is 0.594. The Morgan fingerprint density at radius 3 is 2.95 bits per heavy atom. The monoisotopic (exact) mass is 269 g/mol. The lowest BCUT2D eigenvalue weighted by molar-refractivity contribution is 0.427. The number of nitrogens with one attached hydrogen (secondary N) is 2. The number of hydrogen-bond donors (Lipinski definition) is 2. The molecule has 0 aliphatic rings. The predicted molar refractivity (Wildman–Crippen MR) is 76.3 cm³/mol. The zero-order valence-electron chi connectivity index (χ0n) is 11.1. The molecule has 0 fully saturated rings. The third kappa shape index (κ3) is 2.48. The number of H-pyrrole nitrogens is 1. The Hall–Kier alpha value is -2.40. The zero-order valence-corrected chi connectivity index (χ0v) is 11.1. The molecule has 20 heavy (non-hydrogen) atoms. The van der Waals surface area contributed by atoms with Crippen molar-refractivity contribution in [3.8, 4) is 0 Å². The molecular weight excluding hydrogens is 254 g/mol. The van der Waals surface area contributed by atoms with E-state index in [-0.39, 0.29) is 11.6 Å². The minimum atomic E-state index is -0.113. The van der Waals surface area contributed by atoms with E-state index in [1.54, 1.807) is 12.3 Å². The van der Waals surface area contributed by atoms with E-state index in [4.69, 9.17) is 4.42 Å². The lowest BCUT2D eigenvalue weighted by atomic mass is 10.2. The van der Waals surface area contributed by atoms with Gasteiger partial charge in [-0.05, 0) is 31.2 Å². The fraction of sp³-hybridized carbons (Fsp3) is 0.200. The molecule has 0 spiro atoms.